The zero-order chi connectivity index (χ0) is 20.7. The first-order valence-corrected chi connectivity index (χ1v) is 11.7. The summed E-state index contributed by atoms with van der Waals surface area (Å²) in [4.78, 5) is 3.83. The largest absolute Gasteiger partial charge is 0.354 e. The maximum atomic E-state index is 5.79. The van der Waals surface area contributed by atoms with Gasteiger partial charge in [-0.15, -0.1) is 11.3 Å². The van der Waals surface area contributed by atoms with Gasteiger partial charge < -0.3 is 10.7 Å². The summed E-state index contributed by atoms with van der Waals surface area (Å²) in [6, 6.07) is 22.4. The molecule has 5 aromatic rings. The minimum Gasteiger partial charge on any atom is -0.354 e. The number of aryl methyl sites for hydroxylation is 1. The summed E-state index contributed by atoms with van der Waals surface area (Å²) in [7, 11) is 0. The Bertz CT molecular complexity index is 1340. The third-order valence-electron chi connectivity index (χ3n) is 6.14. The molecule has 3 aromatic carbocycles. The SMILES string of the molecule is CC(C)c1cccc2c(CCCCN)c(-c3ccc4sc5ccccc5c4c3)[nH]c12. The summed E-state index contributed by atoms with van der Waals surface area (Å²) < 4.78 is 2.70. The van der Waals surface area contributed by atoms with Gasteiger partial charge in [0.1, 0.15) is 0 Å². The highest BCUT2D eigenvalue weighted by Gasteiger charge is 2.17. The number of H-pyrrole nitrogens is 1. The molecule has 0 spiro atoms. The van der Waals surface area contributed by atoms with Gasteiger partial charge in [0.05, 0.1) is 0 Å². The van der Waals surface area contributed by atoms with Crippen molar-refractivity contribution in [1.82, 2.24) is 4.98 Å². The van der Waals surface area contributed by atoms with Crippen LogP contribution in [-0.2, 0) is 6.42 Å². The molecule has 2 heterocycles. The second kappa shape index (κ2) is 7.90. The van der Waals surface area contributed by atoms with Gasteiger partial charge in [-0.25, -0.2) is 0 Å². The van der Waals surface area contributed by atoms with Gasteiger partial charge in [0, 0.05) is 36.8 Å². The molecule has 3 heteroatoms. The van der Waals surface area contributed by atoms with E-state index >= 15 is 0 Å². The molecule has 2 aromatic heterocycles. The van der Waals surface area contributed by atoms with E-state index in [0.717, 1.165) is 25.8 Å². The van der Waals surface area contributed by atoms with Crippen molar-refractivity contribution in [3.63, 3.8) is 0 Å². The number of benzene rings is 3. The lowest BCUT2D eigenvalue weighted by molar-refractivity contribution is 0.748. The topological polar surface area (TPSA) is 41.8 Å². The highest BCUT2D eigenvalue weighted by Crippen LogP contribution is 2.39. The van der Waals surface area contributed by atoms with Crippen LogP contribution in [0.3, 0.4) is 0 Å². The molecule has 0 saturated carbocycles. The van der Waals surface area contributed by atoms with E-state index in [1.807, 2.05) is 11.3 Å². The lowest BCUT2D eigenvalue weighted by atomic mass is 9.96. The molecule has 0 fully saturated rings. The molecule has 0 bridgehead atoms. The molecule has 0 atom stereocenters. The van der Waals surface area contributed by atoms with E-state index < -0.39 is 0 Å². The van der Waals surface area contributed by atoms with Gasteiger partial charge in [0.2, 0.25) is 0 Å². The number of hydrogen-bond donors (Lipinski definition) is 2. The third kappa shape index (κ3) is 3.23. The molecule has 0 aliphatic heterocycles. The molecular formula is C27H28N2S. The Balaban J connectivity index is 1.73. The third-order valence-corrected chi connectivity index (χ3v) is 7.29. The van der Waals surface area contributed by atoms with E-state index in [4.69, 9.17) is 5.73 Å². The summed E-state index contributed by atoms with van der Waals surface area (Å²) >= 11 is 1.87. The van der Waals surface area contributed by atoms with Gasteiger partial charge in [-0.05, 0) is 66.6 Å². The van der Waals surface area contributed by atoms with Gasteiger partial charge in [0.15, 0.2) is 0 Å². The van der Waals surface area contributed by atoms with Crippen LogP contribution >= 0.6 is 11.3 Å². The first kappa shape index (κ1) is 19.3. The Kier molecular flexibility index (Phi) is 5.10. The van der Waals surface area contributed by atoms with E-state index in [1.165, 1.54) is 53.5 Å². The van der Waals surface area contributed by atoms with Gasteiger partial charge in [-0.3, -0.25) is 0 Å². The van der Waals surface area contributed by atoms with Crippen molar-refractivity contribution < 1.29 is 0 Å². The molecule has 0 unspecified atom stereocenters. The maximum absolute atomic E-state index is 5.79. The van der Waals surface area contributed by atoms with Crippen LogP contribution in [0.2, 0.25) is 0 Å². The number of nitrogens with two attached hydrogens (primary N) is 1. The zero-order valence-corrected chi connectivity index (χ0v) is 18.5. The summed E-state index contributed by atoms with van der Waals surface area (Å²) in [5, 5.41) is 4.07. The predicted molar refractivity (Wildman–Crippen MR) is 133 cm³/mol. The minimum atomic E-state index is 0.486. The van der Waals surface area contributed by atoms with Crippen LogP contribution in [0.25, 0.3) is 42.3 Å². The van der Waals surface area contributed by atoms with Crippen LogP contribution in [0, 0.1) is 0 Å². The number of aromatic nitrogens is 1. The number of unbranched alkanes of at least 4 members (excludes halogenated alkanes) is 1. The molecule has 30 heavy (non-hydrogen) atoms. The normalized spacial score (nSPS) is 12.0. The minimum absolute atomic E-state index is 0.486. The van der Waals surface area contributed by atoms with Crippen LogP contribution in [0.5, 0.6) is 0 Å². The van der Waals surface area contributed by atoms with Crippen molar-refractivity contribution in [3.8, 4) is 11.3 Å². The van der Waals surface area contributed by atoms with Crippen molar-refractivity contribution in [1.29, 1.82) is 0 Å². The van der Waals surface area contributed by atoms with Crippen molar-refractivity contribution in [2.45, 2.75) is 39.0 Å². The molecule has 2 nitrogen and oxygen atoms in total. The van der Waals surface area contributed by atoms with E-state index in [-0.39, 0.29) is 0 Å². The molecule has 5 rings (SSSR count). The van der Waals surface area contributed by atoms with Crippen LogP contribution in [0.15, 0.2) is 60.7 Å². The van der Waals surface area contributed by atoms with Crippen LogP contribution in [0.1, 0.15) is 43.7 Å². The van der Waals surface area contributed by atoms with Gasteiger partial charge in [-0.1, -0.05) is 56.3 Å². The Hall–Kier alpha value is -2.62. The molecule has 0 amide bonds. The number of hydrogen-bond acceptors (Lipinski definition) is 2. The average Bonchev–Trinajstić information content (AvgIpc) is 3.31. The number of rotatable bonds is 6. The van der Waals surface area contributed by atoms with Crippen molar-refractivity contribution >= 4 is 42.4 Å². The fourth-order valence-corrected chi connectivity index (χ4v) is 5.70. The lowest BCUT2D eigenvalue weighted by Crippen LogP contribution is -1.99. The number of aromatic amines is 1. The highest BCUT2D eigenvalue weighted by atomic mass is 32.1. The van der Waals surface area contributed by atoms with Crippen LogP contribution in [-0.4, -0.2) is 11.5 Å². The standard InChI is InChI=1S/C27H28N2S/c1-17(2)19-10-7-11-22-21(9-5-6-15-28)26(29-27(19)22)18-13-14-25-23(16-18)20-8-3-4-12-24(20)30-25/h3-4,7-8,10-14,16-17,29H,5-6,9,15,28H2,1-2H3. The van der Waals surface area contributed by atoms with Crippen LogP contribution < -0.4 is 5.73 Å². The molecular weight excluding hydrogens is 384 g/mol. The number of thiophene rings is 1. The van der Waals surface area contributed by atoms with Crippen molar-refractivity contribution in [2.75, 3.05) is 6.54 Å². The molecule has 0 aliphatic carbocycles. The lowest BCUT2D eigenvalue weighted by Gasteiger charge is -2.07. The summed E-state index contributed by atoms with van der Waals surface area (Å²) in [6.07, 6.45) is 3.23. The van der Waals surface area contributed by atoms with Gasteiger partial charge >= 0.3 is 0 Å². The molecule has 3 N–H and O–H groups in total. The number of nitrogens with one attached hydrogen (secondary N) is 1. The van der Waals surface area contributed by atoms with E-state index in [9.17, 15) is 0 Å². The Morgan fingerprint density at radius 3 is 2.50 bits per heavy atom. The fraction of sp³-hybridized carbons (Fsp3) is 0.259. The Morgan fingerprint density at radius 1 is 0.867 bits per heavy atom. The summed E-state index contributed by atoms with van der Waals surface area (Å²) in [5.74, 6) is 0.486. The second-order valence-electron chi connectivity index (χ2n) is 8.46. The zero-order valence-electron chi connectivity index (χ0n) is 17.7. The summed E-state index contributed by atoms with van der Waals surface area (Å²) in [5.41, 5.74) is 12.5. The first-order valence-electron chi connectivity index (χ1n) is 10.9. The first-order chi connectivity index (χ1) is 14.7. The van der Waals surface area contributed by atoms with Gasteiger partial charge in [0.25, 0.3) is 0 Å². The quantitative estimate of drug-likeness (QED) is 0.277. The smallest absolute Gasteiger partial charge is 0.0497 e. The maximum Gasteiger partial charge on any atom is 0.0497 e. The fourth-order valence-electron chi connectivity index (χ4n) is 4.61. The second-order valence-corrected chi connectivity index (χ2v) is 9.54. The molecule has 0 aliphatic rings. The predicted octanol–water partition coefficient (Wildman–Crippen LogP) is 7.61. The highest BCUT2D eigenvalue weighted by molar-refractivity contribution is 7.25. The average molecular weight is 413 g/mol. The number of fused-ring (bicyclic) bond motifs is 4. The van der Waals surface area contributed by atoms with Crippen molar-refractivity contribution in [3.05, 3.63) is 71.8 Å². The van der Waals surface area contributed by atoms with E-state index in [1.54, 1.807) is 0 Å². The monoisotopic (exact) mass is 412 g/mol. The van der Waals surface area contributed by atoms with E-state index in [2.05, 4.69) is 79.5 Å². The summed E-state index contributed by atoms with van der Waals surface area (Å²) in [6.45, 7) is 5.29. The Morgan fingerprint density at radius 2 is 1.67 bits per heavy atom. The van der Waals surface area contributed by atoms with Crippen LogP contribution in [0.4, 0.5) is 0 Å². The van der Waals surface area contributed by atoms with Crippen molar-refractivity contribution in [2.24, 2.45) is 5.73 Å². The Labute approximate surface area is 181 Å². The van der Waals surface area contributed by atoms with Gasteiger partial charge in [-0.2, -0.15) is 0 Å². The van der Waals surface area contributed by atoms with E-state index in [0.29, 0.717) is 5.92 Å². The molecule has 152 valence electrons. The molecule has 0 radical (unpaired) electrons. The molecule has 0 saturated heterocycles. The number of para-hydroxylation sites is 1.